The summed E-state index contributed by atoms with van der Waals surface area (Å²) in [7, 11) is 0. The SMILES string of the molecule is NC1=N[C@@H](CCCCN2CCN=C2N)CN1. The lowest BCUT2D eigenvalue weighted by Crippen LogP contribution is -2.34. The summed E-state index contributed by atoms with van der Waals surface area (Å²) < 4.78 is 0. The Morgan fingerprint density at radius 3 is 2.88 bits per heavy atom. The van der Waals surface area contributed by atoms with Crippen molar-refractivity contribution in [3.8, 4) is 0 Å². The molecule has 1 atom stereocenters. The van der Waals surface area contributed by atoms with Crippen molar-refractivity contribution in [2.24, 2.45) is 21.5 Å². The fourth-order valence-electron chi connectivity index (χ4n) is 2.09. The van der Waals surface area contributed by atoms with Crippen molar-refractivity contribution >= 4 is 11.9 Å². The minimum Gasteiger partial charge on any atom is -0.370 e. The molecule has 0 aromatic heterocycles. The quantitative estimate of drug-likeness (QED) is 0.526. The van der Waals surface area contributed by atoms with Crippen LogP contribution in [-0.4, -0.2) is 49.0 Å². The van der Waals surface area contributed by atoms with E-state index in [0.717, 1.165) is 45.4 Å². The standard InChI is InChI=1S/C10H20N6/c11-9-14-7-8(15-9)3-1-2-5-16-6-4-13-10(16)12/h8H,1-7H2,(H2,12,13)(H3,11,14,15)/t8-/m0/s1. The Bertz CT molecular complexity index is 298. The van der Waals surface area contributed by atoms with Gasteiger partial charge in [-0.25, -0.2) is 4.99 Å². The summed E-state index contributed by atoms with van der Waals surface area (Å²) in [6.45, 7) is 3.72. The lowest BCUT2D eigenvalue weighted by Gasteiger charge is -2.17. The van der Waals surface area contributed by atoms with Crippen LogP contribution in [0.4, 0.5) is 0 Å². The fraction of sp³-hybridized carbons (Fsp3) is 0.800. The smallest absolute Gasteiger partial charge is 0.191 e. The maximum atomic E-state index is 5.73. The third kappa shape index (κ3) is 2.77. The Kier molecular flexibility index (Phi) is 3.48. The molecule has 0 unspecified atom stereocenters. The second kappa shape index (κ2) is 5.05. The number of nitrogens with one attached hydrogen (secondary N) is 1. The normalized spacial score (nSPS) is 24.2. The van der Waals surface area contributed by atoms with Crippen LogP contribution in [0.25, 0.3) is 0 Å². The van der Waals surface area contributed by atoms with Crippen molar-refractivity contribution in [2.75, 3.05) is 26.2 Å². The van der Waals surface area contributed by atoms with Gasteiger partial charge in [-0.3, -0.25) is 4.99 Å². The number of unbranched alkanes of at least 4 members (excludes halogenated alkanes) is 1. The molecule has 90 valence electrons. The number of rotatable bonds is 5. The molecule has 0 spiro atoms. The number of nitrogens with zero attached hydrogens (tertiary/aromatic N) is 3. The van der Waals surface area contributed by atoms with Crippen LogP contribution in [0.3, 0.4) is 0 Å². The molecule has 0 amide bonds. The van der Waals surface area contributed by atoms with E-state index in [4.69, 9.17) is 11.5 Å². The predicted octanol–water partition coefficient (Wildman–Crippen LogP) is -0.926. The number of nitrogens with two attached hydrogens (primary N) is 2. The van der Waals surface area contributed by atoms with Gasteiger partial charge < -0.3 is 21.7 Å². The van der Waals surface area contributed by atoms with Gasteiger partial charge in [0.1, 0.15) is 0 Å². The van der Waals surface area contributed by atoms with Crippen LogP contribution < -0.4 is 16.8 Å². The topological polar surface area (TPSA) is 92.0 Å². The minimum atomic E-state index is 0.365. The Morgan fingerprint density at radius 1 is 1.38 bits per heavy atom. The fourth-order valence-corrected chi connectivity index (χ4v) is 2.09. The molecule has 0 bridgehead atoms. The van der Waals surface area contributed by atoms with Crippen molar-refractivity contribution in [3.63, 3.8) is 0 Å². The average molecular weight is 224 g/mol. The highest BCUT2D eigenvalue weighted by Crippen LogP contribution is 2.08. The highest BCUT2D eigenvalue weighted by Gasteiger charge is 2.15. The second-order valence-electron chi connectivity index (χ2n) is 4.27. The average Bonchev–Trinajstić information content (AvgIpc) is 2.83. The van der Waals surface area contributed by atoms with Gasteiger partial charge >= 0.3 is 0 Å². The van der Waals surface area contributed by atoms with Crippen molar-refractivity contribution < 1.29 is 0 Å². The third-order valence-electron chi connectivity index (χ3n) is 3.02. The van der Waals surface area contributed by atoms with E-state index in [-0.39, 0.29) is 0 Å². The van der Waals surface area contributed by atoms with Gasteiger partial charge in [0.15, 0.2) is 11.9 Å². The molecule has 0 radical (unpaired) electrons. The lowest BCUT2D eigenvalue weighted by molar-refractivity contribution is 0.425. The van der Waals surface area contributed by atoms with E-state index in [1.807, 2.05) is 0 Å². The molecule has 2 heterocycles. The van der Waals surface area contributed by atoms with Gasteiger partial charge in [0.25, 0.3) is 0 Å². The number of aliphatic imine (C=N–C) groups is 2. The Labute approximate surface area is 95.8 Å². The molecule has 16 heavy (non-hydrogen) atoms. The van der Waals surface area contributed by atoms with Crippen LogP contribution in [0.15, 0.2) is 9.98 Å². The maximum absolute atomic E-state index is 5.73. The van der Waals surface area contributed by atoms with Gasteiger partial charge in [-0.05, 0) is 19.3 Å². The molecule has 0 fully saturated rings. The molecule has 0 saturated carbocycles. The van der Waals surface area contributed by atoms with Gasteiger partial charge in [-0.15, -0.1) is 0 Å². The molecular formula is C10H20N6. The zero-order chi connectivity index (χ0) is 11.4. The zero-order valence-electron chi connectivity index (χ0n) is 9.52. The van der Waals surface area contributed by atoms with Crippen LogP contribution in [0.5, 0.6) is 0 Å². The maximum Gasteiger partial charge on any atom is 0.191 e. The third-order valence-corrected chi connectivity index (χ3v) is 3.02. The summed E-state index contributed by atoms with van der Waals surface area (Å²) in [6, 6.07) is 0.365. The highest BCUT2D eigenvalue weighted by atomic mass is 15.3. The summed E-state index contributed by atoms with van der Waals surface area (Å²) in [6.07, 6.45) is 3.40. The van der Waals surface area contributed by atoms with Crippen molar-refractivity contribution in [3.05, 3.63) is 0 Å². The van der Waals surface area contributed by atoms with Gasteiger partial charge in [-0.2, -0.15) is 0 Å². The van der Waals surface area contributed by atoms with Crippen LogP contribution in [0.1, 0.15) is 19.3 Å². The molecule has 0 aromatic carbocycles. The Hall–Kier alpha value is -1.46. The molecule has 6 heteroatoms. The molecule has 2 rings (SSSR count). The highest BCUT2D eigenvalue weighted by molar-refractivity contribution is 5.80. The molecule has 5 N–H and O–H groups in total. The van der Waals surface area contributed by atoms with E-state index in [1.165, 1.54) is 0 Å². The van der Waals surface area contributed by atoms with E-state index in [9.17, 15) is 0 Å². The van der Waals surface area contributed by atoms with E-state index >= 15 is 0 Å². The first-order valence-corrected chi connectivity index (χ1v) is 5.88. The summed E-state index contributed by atoms with van der Waals surface area (Å²) in [5.41, 5.74) is 11.3. The second-order valence-corrected chi connectivity index (χ2v) is 4.27. The van der Waals surface area contributed by atoms with E-state index in [1.54, 1.807) is 0 Å². The first-order chi connectivity index (χ1) is 7.75. The molecular weight excluding hydrogens is 204 g/mol. The summed E-state index contributed by atoms with van der Waals surface area (Å²) >= 11 is 0. The van der Waals surface area contributed by atoms with Crippen LogP contribution in [0.2, 0.25) is 0 Å². The van der Waals surface area contributed by atoms with Crippen LogP contribution in [0, 0.1) is 0 Å². The number of guanidine groups is 2. The number of hydrogen-bond acceptors (Lipinski definition) is 6. The van der Waals surface area contributed by atoms with E-state index in [2.05, 4.69) is 20.2 Å². The lowest BCUT2D eigenvalue weighted by atomic mass is 10.1. The van der Waals surface area contributed by atoms with Crippen molar-refractivity contribution in [2.45, 2.75) is 25.3 Å². The van der Waals surface area contributed by atoms with Gasteiger partial charge in [0.2, 0.25) is 0 Å². The number of hydrogen-bond donors (Lipinski definition) is 3. The first-order valence-electron chi connectivity index (χ1n) is 5.88. The zero-order valence-corrected chi connectivity index (χ0v) is 9.52. The molecule has 2 aliphatic heterocycles. The Morgan fingerprint density at radius 2 is 2.25 bits per heavy atom. The Balaban J connectivity index is 1.57. The van der Waals surface area contributed by atoms with Gasteiger partial charge in [0, 0.05) is 19.6 Å². The molecule has 2 aliphatic rings. The minimum absolute atomic E-state index is 0.365. The molecule has 6 nitrogen and oxygen atoms in total. The summed E-state index contributed by atoms with van der Waals surface area (Å²) in [5, 5.41) is 3.04. The summed E-state index contributed by atoms with van der Waals surface area (Å²) in [4.78, 5) is 10.6. The van der Waals surface area contributed by atoms with Crippen molar-refractivity contribution in [1.82, 2.24) is 10.2 Å². The molecule has 0 aliphatic carbocycles. The monoisotopic (exact) mass is 224 g/mol. The first kappa shape index (κ1) is 11.0. The largest absolute Gasteiger partial charge is 0.370 e. The van der Waals surface area contributed by atoms with E-state index < -0.39 is 0 Å². The molecule has 0 saturated heterocycles. The predicted molar refractivity (Wildman–Crippen MR) is 65.3 cm³/mol. The van der Waals surface area contributed by atoms with E-state index in [0.29, 0.717) is 18.0 Å². The molecule has 0 aromatic rings. The van der Waals surface area contributed by atoms with Crippen LogP contribution in [-0.2, 0) is 0 Å². The van der Waals surface area contributed by atoms with Gasteiger partial charge in [0.05, 0.1) is 12.6 Å². The van der Waals surface area contributed by atoms with Crippen molar-refractivity contribution in [1.29, 1.82) is 0 Å². The summed E-state index contributed by atoms with van der Waals surface area (Å²) in [5.74, 6) is 1.28. The van der Waals surface area contributed by atoms with Gasteiger partial charge in [-0.1, -0.05) is 0 Å². The van der Waals surface area contributed by atoms with Crippen LogP contribution >= 0.6 is 0 Å².